The average Bonchev–Trinajstić information content (AvgIpc) is 2.80. The van der Waals surface area contributed by atoms with Crippen molar-refractivity contribution in [3.63, 3.8) is 0 Å². The summed E-state index contributed by atoms with van der Waals surface area (Å²) in [5.41, 5.74) is 1.65. The molecule has 0 radical (unpaired) electrons. The predicted octanol–water partition coefficient (Wildman–Crippen LogP) is 3.52. The van der Waals surface area contributed by atoms with Crippen molar-refractivity contribution in [1.29, 1.82) is 0 Å². The Morgan fingerprint density at radius 1 is 1.25 bits per heavy atom. The highest BCUT2D eigenvalue weighted by Crippen LogP contribution is 2.30. The van der Waals surface area contributed by atoms with E-state index in [1.54, 1.807) is 0 Å². The number of anilines is 1. The van der Waals surface area contributed by atoms with Gasteiger partial charge in [0.1, 0.15) is 17.5 Å². The fraction of sp³-hybridized carbons (Fsp3) is 0.400. The number of hydrogen-bond donors (Lipinski definition) is 1. The van der Waals surface area contributed by atoms with E-state index >= 15 is 0 Å². The molecule has 0 bridgehead atoms. The van der Waals surface area contributed by atoms with E-state index in [0.29, 0.717) is 5.56 Å². The van der Waals surface area contributed by atoms with E-state index in [-0.39, 0.29) is 6.04 Å². The SMILES string of the molecule is CCCc1cc2n(n1)C(c1cc(F)cc(F)c1)CCN2. The molecule has 1 atom stereocenters. The largest absolute Gasteiger partial charge is 0.370 e. The van der Waals surface area contributed by atoms with E-state index in [1.165, 1.54) is 12.1 Å². The maximum absolute atomic E-state index is 13.4. The van der Waals surface area contributed by atoms with E-state index in [0.717, 1.165) is 43.4 Å². The summed E-state index contributed by atoms with van der Waals surface area (Å²) < 4.78 is 28.6. The lowest BCUT2D eigenvalue weighted by molar-refractivity contribution is 0.470. The number of nitrogens with zero attached hydrogens (tertiary/aromatic N) is 2. The van der Waals surface area contributed by atoms with Crippen LogP contribution in [0.25, 0.3) is 0 Å². The highest BCUT2D eigenvalue weighted by atomic mass is 19.1. The van der Waals surface area contributed by atoms with Gasteiger partial charge in [-0.15, -0.1) is 0 Å². The minimum absolute atomic E-state index is 0.109. The first kappa shape index (κ1) is 13.1. The standard InChI is InChI=1S/C15H17F2N3/c1-2-3-13-9-15-18-5-4-14(20(15)19-13)10-6-11(16)8-12(17)7-10/h6-9,14,18H,2-5H2,1H3. The number of rotatable bonds is 3. The molecule has 2 aromatic rings. The molecule has 3 rings (SSSR count). The number of nitrogens with one attached hydrogen (secondary N) is 1. The lowest BCUT2D eigenvalue weighted by Gasteiger charge is -2.26. The Morgan fingerprint density at radius 3 is 2.70 bits per heavy atom. The Balaban J connectivity index is 2.00. The number of aromatic nitrogens is 2. The summed E-state index contributed by atoms with van der Waals surface area (Å²) in [5, 5.41) is 7.85. The monoisotopic (exact) mass is 277 g/mol. The van der Waals surface area contributed by atoms with Crippen molar-refractivity contribution < 1.29 is 8.78 Å². The van der Waals surface area contributed by atoms with Gasteiger partial charge in [0.25, 0.3) is 0 Å². The molecule has 1 aromatic heterocycles. The highest BCUT2D eigenvalue weighted by Gasteiger charge is 2.23. The molecule has 3 nitrogen and oxygen atoms in total. The van der Waals surface area contributed by atoms with Crippen molar-refractivity contribution in [1.82, 2.24) is 9.78 Å². The van der Waals surface area contributed by atoms with Gasteiger partial charge in [0, 0.05) is 18.7 Å². The third-order valence-corrected chi connectivity index (χ3v) is 3.58. The quantitative estimate of drug-likeness (QED) is 0.930. The first-order chi connectivity index (χ1) is 9.67. The van der Waals surface area contributed by atoms with Crippen molar-refractivity contribution in [3.05, 3.63) is 47.2 Å². The molecule has 20 heavy (non-hydrogen) atoms. The van der Waals surface area contributed by atoms with Crippen LogP contribution >= 0.6 is 0 Å². The van der Waals surface area contributed by atoms with Crippen molar-refractivity contribution in [2.24, 2.45) is 0 Å². The third kappa shape index (κ3) is 2.40. The molecule has 5 heteroatoms. The summed E-state index contributed by atoms with van der Waals surface area (Å²) in [7, 11) is 0. The summed E-state index contributed by atoms with van der Waals surface area (Å²) in [5.74, 6) is -0.156. The smallest absolute Gasteiger partial charge is 0.126 e. The molecule has 0 amide bonds. The second kappa shape index (κ2) is 5.23. The Labute approximate surface area is 116 Å². The van der Waals surface area contributed by atoms with Gasteiger partial charge in [-0.1, -0.05) is 13.3 Å². The predicted molar refractivity (Wildman–Crippen MR) is 73.8 cm³/mol. The van der Waals surface area contributed by atoms with Crippen LogP contribution in [0.5, 0.6) is 0 Å². The van der Waals surface area contributed by atoms with Gasteiger partial charge in [0.15, 0.2) is 0 Å². The number of halogens is 2. The fourth-order valence-corrected chi connectivity index (χ4v) is 2.73. The van der Waals surface area contributed by atoms with Crippen LogP contribution in [0.3, 0.4) is 0 Å². The molecule has 1 aliphatic rings. The van der Waals surface area contributed by atoms with Crippen LogP contribution in [0.15, 0.2) is 24.3 Å². The molecule has 1 unspecified atom stereocenters. The Kier molecular flexibility index (Phi) is 3.42. The van der Waals surface area contributed by atoms with Crippen LogP contribution in [0.1, 0.15) is 37.1 Å². The zero-order chi connectivity index (χ0) is 14.1. The highest BCUT2D eigenvalue weighted by molar-refractivity contribution is 5.41. The second-order valence-electron chi connectivity index (χ2n) is 5.15. The molecular weight excluding hydrogens is 260 g/mol. The summed E-state index contributed by atoms with van der Waals surface area (Å²) in [6.45, 7) is 2.88. The summed E-state index contributed by atoms with van der Waals surface area (Å²) in [6.07, 6.45) is 2.70. The number of aryl methyl sites for hydroxylation is 1. The lowest BCUT2D eigenvalue weighted by atomic mass is 10.0. The zero-order valence-corrected chi connectivity index (χ0v) is 11.4. The molecule has 1 N–H and O–H groups in total. The minimum atomic E-state index is -0.541. The fourth-order valence-electron chi connectivity index (χ4n) is 2.73. The summed E-state index contributed by atoms with van der Waals surface area (Å²) in [4.78, 5) is 0. The molecule has 1 aliphatic heterocycles. The van der Waals surface area contributed by atoms with Crippen LogP contribution in [-0.2, 0) is 6.42 Å². The van der Waals surface area contributed by atoms with Crippen molar-refractivity contribution in [2.45, 2.75) is 32.2 Å². The van der Waals surface area contributed by atoms with Gasteiger partial charge in [0.2, 0.25) is 0 Å². The van der Waals surface area contributed by atoms with Gasteiger partial charge in [0.05, 0.1) is 11.7 Å². The van der Waals surface area contributed by atoms with E-state index in [1.807, 2.05) is 10.7 Å². The molecule has 106 valence electrons. The van der Waals surface area contributed by atoms with Gasteiger partial charge in [-0.2, -0.15) is 5.10 Å². The Hall–Kier alpha value is -1.91. The lowest BCUT2D eigenvalue weighted by Crippen LogP contribution is -2.24. The molecule has 0 aliphatic carbocycles. The topological polar surface area (TPSA) is 29.9 Å². The van der Waals surface area contributed by atoms with Gasteiger partial charge >= 0.3 is 0 Å². The van der Waals surface area contributed by atoms with Crippen LogP contribution < -0.4 is 5.32 Å². The van der Waals surface area contributed by atoms with E-state index in [4.69, 9.17) is 0 Å². The average molecular weight is 277 g/mol. The zero-order valence-electron chi connectivity index (χ0n) is 11.4. The van der Waals surface area contributed by atoms with Crippen LogP contribution in [0.4, 0.5) is 14.6 Å². The molecule has 2 heterocycles. The number of hydrogen-bond acceptors (Lipinski definition) is 2. The first-order valence-electron chi connectivity index (χ1n) is 6.95. The Morgan fingerprint density at radius 2 is 2.00 bits per heavy atom. The molecular formula is C15H17F2N3. The second-order valence-corrected chi connectivity index (χ2v) is 5.15. The molecule has 1 aromatic carbocycles. The van der Waals surface area contributed by atoms with E-state index in [9.17, 15) is 8.78 Å². The van der Waals surface area contributed by atoms with Gasteiger partial charge in [-0.05, 0) is 30.5 Å². The normalized spacial score (nSPS) is 17.6. The van der Waals surface area contributed by atoms with Gasteiger partial charge < -0.3 is 5.32 Å². The summed E-state index contributed by atoms with van der Waals surface area (Å²) >= 11 is 0. The van der Waals surface area contributed by atoms with Gasteiger partial charge in [-0.25, -0.2) is 13.5 Å². The van der Waals surface area contributed by atoms with Crippen molar-refractivity contribution in [3.8, 4) is 0 Å². The molecule has 0 spiro atoms. The minimum Gasteiger partial charge on any atom is -0.370 e. The number of fused-ring (bicyclic) bond motifs is 1. The van der Waals surface area contributed by atoms with Crippen LogP contribution in [0.2, 0.25) is 0 Å². The van der Waals surface area contributed by atoms with Crippen molar-refractivity contribution >= 4 is 5.82 Å². The van der Waals surface area contributed by atoms with Crippen LogP contribution in [-0.4, -0.2) is 16.3 Å². The van der Waals surface area contributed by atoms with Gasteiger partial charge in [-0.3, -0.25) is 0 Å². The van der Waals surface area contributed by atoms with Crippen LogP contribution in [0, 0.1) is 11.6 Å². The maximum Gasteiger partial charge on any atom is 0.126 e. The molecule has 0 fully saturated rings. The molecule has 0 saturated heterocycles. The number of benzene rings is 1. The Bertz CT molecular complexity index is 601. The van der Waals surface area contributed by atoms with E-state index < -0.39 is 11.6 Å². The summed E-state index contributed by atoms with van der Waals surface area (Å²) in [6, 6.07) is 5.60. The molecule has 0 saturated carbocycles. The van der Waals surface area contributed by atoms with Crippen molar-refractivity contribution in [2.75, 3.05) is 11.9 Å². The van der Waals surface area contributed by atoms with E-state index in [2.05, 4.69) is 17.3 Å². The first-order valence-corrected chi connectivity index (χ1v) is 6.95. The third-order valence-electron chi connectivity index (χ3n) is 3.58. The maximum atomic E-state index is 13.4.